The molecule has 2 aromatic rings. The molecule has 0 radical (unpaired) electrons. The lowest BCUT2D eigenvalue weighted by Gasteiger charge is -2.03. The van der Waals surface area contributed by atoms with Gasteiger partial charge in [-0.05, 0) is 50.4 Å². The van der Waals surface area contributed by atoms with Crippen molar-refractivity contribution in [2.75, 3.05) is 13.1 Å². The summed E-state index contributed by atoms with van der Waals surface area (Å²) in [5.41, 5.74) is 3.57. The molecule has 3 rings (SSSR count). The molecule has 0 aromatic carbocycles. The van der Waals surface area contributed by atoms with Gasteiger partial charge in [0.15, 0.2) is 0 Å². The summed E-state index contributed by atoms with van der Waals surface area (Å²) < 4.78 is 2.13. The van der Waals surface area contributed by atoms with Gasteiger partial charge in [-0.15, -0.1) is 0 Å². The third-order valence-electron chi connectivity index (χ3n) is 3.39. The van der Waals surface area contributed by atoms with Crippen molar-refractivity contribution < 1.29 is 0 Å². The first-order valence-corrected chi connectivity index (χ1v) is 5.97. The zero-order chi connectivity index (χ0) is 11.0. The number of hydrogen-bond donors (Lipinski definition) is 1. The monoisotopic (exact) mass is 215 g/mol. The molecule has 0 aliphatic carbocycles. The zero-order valence-electron chi connectivity index (χ0n) is 9.61. The van der Waals surface area contributed by atoms with E-state index >= 15 is 0 Å². The van der Waals surface area contributed by atoms with Gasteiger partial charge in [-0.1, -0.05) is 6.07 Å². The van der Waals surface area contributed by atoms with Crippen LogP contribution in [0, 0.1) is 12.8 Å². The summed E-state index contributed by atoms with van der Waals surface area (Å²) in [6.07, 6.45) is 6.63. The van der Waals surface area contributed by atoms with Crippen molar-refractivity contribution in [1.82, 2.24) is 14.7 Å². The first-order valence-electron chi connectivity index (χ1n) is 5.97. The second-order valence-electron chi connectivity index (χ2n) is 4.72. The smallest absolute Gasteiger partial charge is 0.139 e. The highest BCUT2D eigenvalue weighted by molar-refractivity contribution is 5.47. The summed E-state index contributed by atoms with van der Waals surface area (Å²) in [6.45, 7) is 4.42. The van der Waals surface area contributed by atoms with Crippen molar-refractivity contribution in [1.29, 1.82) is 0 Å². The van der Waals surface area contributed by atoms with E-state index in [1.807, 2.05) is 0 Å². The average molecular weight is 215 g/mol. The molecule has 0 amide bonds. The highest BCUT2D eigenvalue weighted by atomic mass is 15.0. The Labute approximate surface area is 95.5 Å². The second-order valence-corrected chi connectivity index (χ2v) is 4.72. The third kappa shape index (κ3) is 1.71. The fourth-order valence-corrected chi connectivity index (χ4v) is 2.49. The van der Waals surface area contributed by atoms with Gasteiger partial charge in [0.2, 0.25) is 0 Å². The molecule has 3 heterocycles. The Morgan fingerprint density at radius 2 is 2.50 bits per heavy atom. The number of rotatable bonds is 2. The maximum absolute atomic E-state index is 4.71. The van der Waals surface area contributed by atoms with Gasteiger partial charge in [0.1, 0.15) is 5.65 Å². The van der Waals surface area contributed by atoms with Crippen molar-refractivity contribution in [3.63, 3.8) is 0 Å². The van der Waals surface area contributed by atoms with E-state index in [2.05, 4.69) is 41.2 Å². The SMILES string of the molecule is Cc1cccn2cc(CC3CCNC3)nc12. The van der Waals surface area contributed by atoms with Crippen LogP contribution in [0.15, 0.2) is 24.5 Å². The first-order chi connectivity index (χ1) is 7.83. The molecule has 0 saturated carbocycles. The van der Waals surface area contributed by atoms with Crippen LogP contribution in [-0.4, -0.2) is 22.5 Å². The molecule has 84 valence electrons. The summed E-state index contributed by atoms with van der Waals surface area (Å²) in [5.74, 6) is 0.769. The fraction of sp³-hybridized carbons (Fsp3) is 0.462. The van der Waals surface area contributed by atoms with Gasteiger partial charge in [-0.3, -0.25) is 0 Å². The van der Waals surface area contributed by atoms with Crippen LogP contribution in [0.25, 0.3) is 5.65 Å². The minimum absolute atomic E-state index is 0.769. The van der Waals surface area contributed by atoms with Crippen molar-refractivity contribution >= 4 is 5.65 Å². The van der Waals surface area contributed by atoms with Gasteiger partial charge >= 0.3 is 0 Å². The number of pyridine rings is 1. The number of fused-ring (bicyclic) bond motifs is 1. The molecule has 1 aliphatic heterocycles. The summed E-state index contributed by atoms with van der Waals surface area (Å²) in [7, 11) is 0. The van der Waals surface area contributed by atoms with Crippen molar-refractivity contribution in [2.24, 2.45) is 5.92 Å². The standard InChI is InChI=1S/C13H17N3/c1-10-3-2-6-16-9-12(15-13(10)16)7-11-4-5-14-8-11/h2-3,6,9,11,14H,4-5,7-8H2,1H3. The Morgan fingerprint density at radius 3 is 3.25 bits per heavy atom. The molecule has 3 nitrogen and oxygen atoms in total. The third-order valence-corrected chi connectivity index (χ3v) is 3.39. The summed E-state index contributed by atoms with van der Waals surface area (Å²) in [4.78, 5) is 4.71. The summed E-state index contributed by atoms with van der Waals surface area (Å²) in [5, 5.41) is 3.40. The van der Waals surface area contributed by atoms with Gasteiger partial charge < -0.3 is 9.72 Å². The number of aryl methyl sites for hydroxylation is 1. The number of imidazole rings is 1. The lowest BCUT2D eigenvalue weighted by atomic mass is 10.0. The van der Waals surface area contributed by atoms with E-state index in [0.717, 1.165) is 31.1 Å². The van der Waals surface area contributed by atoms with Crippen molar-refractivity contribution in [3.05, 3.63) is 35.8 Å². The molecule has 0 bridgehead atoms. The van der Waals surface area contributed by atoms with E-state index in [9.17, 15) is 0 Å². The number of nitrogens with one attached hydrogen (secondary N) is 1. The lowest BCUT2D eigenvalue weighted by Crippen LogP contribution is -2.10. The highest BCUT2D eigenvalue weighted by Gasteiger charge is 2.16. The van der Waals surface area contributed by atoms with Gasteiger partial charge in [-0.25, -0.2) is 4.98 Å². The fourth-order valence-electron chi connectivity index (χ4n) is 2.49. The van der Waals surface area contributed by atoms with E-state index in [0.29, 0.717) is 0 Å². The van der Waals surface area contributed by atoms with Crippen LogP contribution in [0.2, 0.25) is 0 Å². The molecular weight excluding hydrogens is 198 g/mol. The Balaban J connectivity index is 1.90. The number of hydrogen-bond acceptors (Lipinski definition) is 2. The number of nitrogens with zero attached hydrogens (tertiary/aromatic N) is 2. The Hall–Kier alpha value is -1.35. The maximum atomic E-state index is 4.71. The molecule has 1 atom stereocenters. The number of aromatic nitrogens is 2. The van der Waals surface area contributed by atoms with Gasteiger partial charge in [0.05, 0.1) is 5.69 Å². The lowest BCUT2D eigenvalue weighted by molar-refractivity contribution is 0.573. The van der Waals surface area contributed by atoms with E-state index in [-0.39, 0.29) is 0 Å². The molecule has 3 heteroatoms. The highest BCUT2D eigenvalue weighted by Crippen LogP contribution is 2.16. The van der Waals surface area contributed by atoms with Crippen LogP contribution in [-0.2, 0) is 6.42 Å². The predicted molar refractivity (Wildman–Crippen MR) is 64.6 cm³/mol. The molecule has 1 aliphatic rings. The van der Waals surface area contributed by atoms with Crippen LogP contribution in [0.4, 0.5) is 0 Å². The Kier molecular flexibility index (Phi) is 2.40. The Bertz CT molecular complexity index is 495. The molecule has 2 aromatic heterocycles. The van der Waals surface area contributed by atoms with Crippen molar-refractivity contribution in [3.8, 4) is 0 Å². The van der Waals surface area contributed by atoms with Crippen LogP contribution >= 0.6 is 0 Å². The largest absolute Gasteiger partial charge is 0.316 e. The molecule has 16 heavy (non-hydrogen) atoms. The van der Waals surface area contributed by atoms with Gasteiger partial charge in [0, 0.05) is 12.4 Å². The van der Waals surface area contributed by atoms with Crippen molar-refractivity contribution in [2.45, 2.75) is 19.8 Å². The van der Waals surface area contributed by atoms with E-state index < -0.39 is 0 Å². The first kappa shape index (κ1) is 9.85. The maximum Gasteiger partial charge on any atom is 0.139 e. The van der Waals surface area contributed by atoms with Gasteiger partial charge in [0.25, 0.3) is 0 Å². The van der Waals surface area contributed by atoms with E-state index in [1.54, 1.807) is 0 Å². The van der Waals surface area contributed by atoms with E-state index in [4.69, 9.17) is 4.98 Å². The topological polar surface area (TPSA) is 29.3 Å². The van der Waals surface area contributed by atoms with Crippen LogP contribution in [0.5, 0.6) is 0 Å². The molecule has 1 unspecified atom stereocenters. The second kappa shape index (κ2) is 3.91. The normalized spacial score (nSPS) is 20.7. The summed E-state index contributed by atoms with van der Waals surface area (Å²) >= 11 is 0. The van der Waals surface area contributed by atoms with Crippen LogP contribution in [0.3, 0.4) is 0 Å². The minimum Gasteiger partial charge on any atom is -0.316 e. The molecule has 1 N–H and O–H groups in total. The van der Waals surface area contributed by atoms with Gasteiger partial charge in [-0.2, -0.15) is 0 Å². The predicted octanol–water partition coefficient (Wildman–Crippen LogP) is 1.79. The van der Waals surface area contributed by atoms with Crippen LogP contribution in [0.1, 0.15) is 17.7 Å². The zero-order valence-corrected chi connectivity index (χ0v) is 9.61. The molecular formula is C13H17N3. The minimum atomic E-state index is 0.769. The van der Waals surface area contributed by atoms with E-state index in [1.165, 1.54) is 17.7 Å². The molecule has 0 spiro atoms. The summed E-state index contributed by atoms with van der Waals surface area (Å²) in [6, 6.07) is 4.19. The molecule has 1 fully saturated rings. The molecule has 1 saturated heterocycles. The average Bonchev–Trinajstić information content (AvgIpc) is 2.88. The van der Waals surface area contributed by atoms with Crippen LogP contribution < -0.4 is 5.32 Å². The quantitative estimate of drug-likeness (QED) is 0.827. The Morgan fingerprint density at radius 1 is 1.56 bits per heavy atom.